The van der Waals surface area contributed by atoms with Crippen LogP contribution in [0.25, 0.3) is 5.57 Å². The largest absolute Gasteiger partial charge is 0.469 e. The van der Waals surface area contributed by atoms with E-state index in [9.17, 15) is 4.79 Å². The molecule has 15 heavy (non-hydrogen) atoms. The molecule has 82 valence electrons. The zero-order valence-corrected chi connectivity index (χ0v) is 9.62. The summed E-state index contributed by atoms with van der Waals surface area (Å²) in [6.07, 6.45) is 0.469. The minimum Gasteiger partial charge on any atom is -0.469 e. The van der Waals surface area contributed by atoms with Gasteiger partial charge in [-0.2, -0.15) is 0 Å². The quantitative estimate of drug-likeness (QED) is 0.694. The molecule has 1 aromatic rings. The predicted molar refractivity (Wildman–Crippen MR) is 63.5 cm³/mol. The van der Waals surface area contributed by atoms with E-state index in [1.54, 1.807) is 6.92 Å². The third-order valence-electron chi connectivity index (χ3n) is 1.78. The van der Waals surface area contributed by atoms with Crippen molar-refractivity contribution in [1.29, 1.82) is 0 Å². The van der Waals surface area contributed by atoms with Crippen LogP contribution in [-0.4, -0.2) is 13.1 Å². The number of benzene rings is 1. The zero-order chi connectivity index (χ0) is 11.7. The topological polar surface area (TPSA) is 26.3 Å². The molecule has 0 bridgehead atoms. The van der Waals surface area contributed by atoms with Gasteiger partial charge in [0.25, 0.3) is 0 Å². The molecular formula is C13H18O2. The van der Waals surface area contributed by atoms with Gasteiger partial charge in [0.15, 0.2) is 0 Å². The molecule has 0 aromatic heterocycles. The second-order valence-corrected chi connectivity index (χ2v) is 3.08. The van der Waals surface area contributed by atoms with Gasteiger partial charge in [-0.25, -0.2) is 0 Å². The van der Waals surface area contributed by atoms with Crippen molar-refractivity contribution in [3.8, 4) is 0 Å². The fraction of sp³-hybridized carbons (Fsp3) is 0.308. The predicted octanol–water partition coefficient (Wildman–Crippen LogP) is 3.29. The first-order chi connectivity index (χ1) is 7.11. The van der Waals surface area contributed by atoms with Crippen molar-refractivity contribution in [2.24, 2.45) is 0 Å². The minimum atomic E-state index is -0.157. The van der Waals surface area contributed by atoms with E-state index in [0.717, 1.165) is 5.57 Å². The Morgan fingerprint density at radius 1 is 1.33 bits per heavy atom. The van der Waals surface area contributed by atoms with Crippen LogP contribution in [0.2, 0.25) is 0 Å². The molecule has 0 aliphatic heterocycles. The lowest BCUT2D eigenvalue weighted by atomic mass is 10.1. The van der Waals surface area contributed by atoms with E-state index < -0.39 is 0 Å². The Labute approximate surface area is 91.6 Å². The van der Waals surface area contributed by atoms with E-state index in [-0.39, 0.29) is 5.97 Å². The number of hydrogen-bond acceptors (Lipinski definition) is 2. The smallest absolute Gasteiger partial charge is 0.305 e. The van der Waals surface area contributed by atoms with Crippen LogP contribution < -0.4 is 0 Å². The summed E-state index contributed by atoms with van der Waals surface area (Å²) in [5.74, 6) is -0.157. The number of carbonyl (C=O) groups excluding carboxylic acids is 1. The highest BCUT2D eigenvalue weighted by Crippen LogP contribution is 2.08. The van der Waals surface area contributed by atoms with Gasteiger partial charge in [-0.15, -0.1) is 0 Å². The van der Waals surface area contributed by atoms with Crippen molar-refractivity contribution in [3.05, 3.63) is 42.5 Å². The molecular weight excluding hydrogens is 188 g/mol. The first-order valence-corrected chi connectivity index (χ1v) is 4.89. The van der Waals surface area contributed by atoms with Crippen molar-refractivity contribution < 1.29 is 9.53 Å². The molecule has 0 unspecified atom stereocenters. The maximum Gasteiger partial charge on any atom is 0.305 e. The maximum atomic E-state index is 9.96. The van der Waals surface area contributed by atoms with E-state index in [1.807, 2.05) is 25.1 Å². The van der Waals surface area contributed by atoms with Crippen molar-refractivity contribution in [1.82, 2.24) is 0 Å². The number of esters is 1. The van der Waals surface area contributed by atoms with Gasteiger partial charge >= 0.3 is 5.97 Å². The average Bonchev–Trinajstić information content (AvgIpc) is 2.30. The Morgan fingerprint density at radius 3 is 2.07 bits per heavy atom. The molecule has 0 saturated carbocycles. The highest BCUT2D eigenvalue weighted by Gasteiger charge is 1.87. The molecule has 0 N–H and O–H groups in total. The van der Waals surface area contributed by atoms with Crippen LogP contribution in [0.15, 0.2) is 36.9 Å². The monoisotopic (exact) mass is 206 g/mol. The Kier molecular flexibility index (Phi) is 6.98. The second kappa shape index (κ2) is 7.80. The van der Waals surface area contributed by atoms with Crippen LogP contribution in [0, 0.1) is 0 Å². The van der Waals surface area contributed by atoms with Crippen molar-refractivity contribution in [3.63, 3.8) is 0 Å². The Hall–Kier alpha value is -1.57. The van der Waals surface area contributed by atoms with Crippen LogP contribution in [0.5, 0.6) is 0 Å². The van der Waals surface area contributed by atoms with Gasteiger partial charge in [-0.3, -0.25) is 4.79 Å². The SMILES string of the molecule is C=C(C)c1ccccc1.CCC(=O)OC. The molecule has 0 atom stereocenters. The van der Waals surface area contributed by atoms with Crippen molar-refractivity contribution >= 4 is 11.5 Å². The van der Waals surface area contributed by atoms with Gasteiger partial charge in [0, 0.05) is 6.42 Å². The average molecular weight is 206 g/mol. The molecule has 2 nitrogen and oxygen atoms in total. The molecule has 0 radical (unpaired) electrons. The lowest BCUT2D eigenvalue weighted by molar-refractivity contribution is -0.140. The second-order valence-electron chi connectivity index (χ2n) is 3.08. The lowest BCUT2D eigenvalue weighted by Crippen LogP contribution is -1.94. The summed E-state index contributed by atoms with van der Waals surface area (Å²) in [6, 6.07) is 10.2. The number of rotatable bonds is 2. The molecule has 1 rings (SSSR count). The van der Waals surface area contributed by atoms with Gasteiger partial charge < -0.3 is 4.74 Å². The zero-order valence-electron chi connectivity index (χ0n) is 9.62. The minimum absolute atomic E-state index is 0.157. The number of hydrogen-bond donors (Lipinski definition) is 0. The summed E-state index contributed by atoms with van der Waals surface area (Å²) in [4.78, 5) is 9.96. The standard InChI is InChI=1S/C9H10.C4H8O2/c1-8(2)9-6-4-3-5-7-9;1-3-4(5)6-2/h3-7H,1H2,2H3;3H2,1-2H3. The molecule has 0 heterocycles. The molecule has 0 aliphatic carbocycles. The highest BCUT2D eigenvalue weighted by molar-refractivity contribution is 5.68. The molecule has 2 heteroatoms. The summed E-state index contributed by atoms with van der Waals surface area (Å²) < 4.78 is 4.26. The molecule has 0 amide bonds. The van der Waals surface area contributed by atoms with Crippen molar-refractivity contribution in [2.75, 3.05) is 7.11 Å². The summed E-state index contributed by atoms with van der Waals surface area (Å²) in [6.45, 7) is 7.59. The fourth-order valence-electron chi connectivity index (χ4n) is 0.867. The Bertz CT molecular complexity index is 296. The van der Waals surface area contributed by atoms with E-state index in [2.05, 4.69) is 23.4 Å². The van der Waals surface area contributed by atoms with Gasteiger partial charge in [0.05, 0.1) is 7.11 Å². The first kappa shape index (κ1) is 13.4. The molecule has 0 fully saturated rings. The number of carbonyl (C=O) groups is 1. The summed E-state index contributed by atoms with van der Waals surface area (Å²) in [5, 5.41) is 0. The van der Waals surface area contributed by atoms with E-state index in [4.69, 9.17) is 0 Å². The molecule has 0 spiro atoms. The van der Waals surface area contributed by atoms with E-state index in [1.165, 1.54) is 12.7 Å². The maximum absolute atomic E-state index is 9.96. The normalized spacial score (nSPS) is 8.47. The third kappa shape index (κ3) is 6.49. The third-order valence-corrected chi connectivity index (χ3v) is 1.78. The number of ether oxygens (including phenoxy) is 1. The first-order valence-electron chi connectivity index (χ1n) is 4.89. The summed E-state index contributed by atoms with van der Waals surface area (Å²) in [5.41, 5.74) is 2.34. The van der Waals surface area contributed by atoms with Crippen LogP contribution in [0.3, 0.4) is 0 Å². The van der Waals surface area contributed by atoms with Crippen LogP contribution in [-0.2, 0) is 9.53 Å². The van der Waals surface area contributed by atoms with Gasteiger partial charge in [0.1, 0.15) is 0 Å². The Balaban J connectivity index is 0.000000288. The molecule has 0 aliphatic rings. The highest BCUT2D eigenvalue weighted by atomic mass is 16.5. The van der Waals surface area contributed by atoms with Crippen LogP contribution in [0.4, 0.5) is 0 Å². The van der Waals surface area contributed by atoms with E-state index >= 15 is 0 Å². The van der Waals surface area contributed by atoms with Gasteiger partial charge in [-0.05, 0) is 12.5 Å². The van der Waals surface area contributed by atoms with Gasteiger partial charge in [0.2, 0.25) is 0 Å². The lowest BCUT2D eigenvalue weighted by Gasteiger charge is -1.94. The summed E-state index contributed by atoms with van der Waals surface area (Å²) in [7, 11) is 1.38. The fourth-order valence-corrected chi connectivity index (χ4v) is 0.867. The van der Waals surface area contributed by atoms with E-state index in [0.29, 0.717) is 6.42 Å². The number of methoxy groups -OCH3 is 1. The van der Waals surface area contributed by atoms with Gasteiger partial charge in [-0.1, -0.05) is 49.4 Å². The Morgan fingerprint density at radius 2 is 1.87 bits per heavy atom. The van der Waals surface area contributed by atoms with Crippen LogP contribution >= 0.6 is 0 Å². The van der Waals surface area contributed by atoms with Crippen LogP contribution in [0.1, 0.15) is 25.8 Å². The molecule has 1 aromatic carbocycles. The molecule has 0 saturated heterocycles. The number of allylic oxidation sites excluding steroid dienone is 1. The van der Waals surface area contributed by atoms with Crippen molar-refractivity contribution in [2.45, 2.75) is 20.3 Å². The summed E-state index contributed by atoms with van der Waals surface area (Å²) >= 11 is 0.